The number of anilines is 2. The molecule has 1 saturated heterocycles. The summed E-state index contributed by atoms with van der Waals surface area (Å²) in [5.41, 5.74) is 6.66. The van der Waals surface area contributed by atoms with Crippen LogP contribution in [0.4, 0.5) is 11.5 Å². The van der Waals surface area contributed by atoms with E-state index in [9.17, 15) is 4.79 Å². The number of nitrogens with one attached hydrogen (secondary N) is 2. The van der Waals surface area contributed by atoms with Crippen molar-refractivity contribution in [3.05, 3.63) is 96.3 Å². The van der Waals surface area contributed by atoms with Crippen molar-refractivity contribution in [3.8, 4) is 11.3 Å². The Balaban J connectivity index is 1.16. The number of H-pyrrole nitrogens is 1. The number of rotatable bonds is 6. The third kappa shape index (κ3) is 4.58. The van der Waals surface area contributed by atoms with E-state index in [0.717, 1.165) is 60.8 Å². The van der Waals surface area contributed by atoms with Crippen LogP contribution in [0.25, 0.3) is 22.3 Å². The van der Waals surface area contributed by atoms with Gasteiger partial charge in [0.25, 0.3) is 5.91 Å². The standard InChI is InChI=1S/C28H26N6O2/c35-28(21-6-9-23(10-7-21)33-12-14-36-15-13-33)30-27-17-25(31-32-27)22-8-11-24-26(16-22)34(19-29-24)18-20-4-2-1-3-5-20/h1-11,16-17,19H,12-15,18H2,(H2,30,31,32,35). The number of aromatic nitrogens is 4. The van der Waals surface area contributed by atoms with Gasteiger partial charge in [0.1, 0.15) is 0 Å². The van der Waals surface area contributed by atoms with Crippen LogP contribution < -0.4 is 10.2 Å². The minimum atomic E-state index is -0.196. The average molecular weight is 479 g/mol. The fourth-order valence-corrected chi connectivity index (χ4v) is 4.50. The molecule has 1 aliphatic rings. The van der Waals surface area contributed by atoms with Gasteiger partial charge in [0.05, 0.1) is 36.3 Å². The van der Waals surface area contributed by atoms with Crippen LogP contribution in [0.2, 0.25) is 0 Å². The van der Waals surface area contributed by atoms with E-state index in [1.54, 1.807) is 0 Å². The molecule has 0 unspecified atom stereocenters. The topological polar surface area (TPSA) is 88.1 Å². The minimum Gasteiger partial charge on any atom is -0.378 e. The Morgan fingerprint density at radius 1 is 0.972 bits per heavy atom. The molecule has 6 rings (SSSR count). The Bertz CT molecular complexity index is 1480. The molecule has 1 amide bonds. The second kappa shape index (κ2) is 9.67. The average Bonchev–Trinajstić information content (AvgIpc) is 3.57. The Kier molecular flexibility index (Phi) is 5.93. The van der Waals surface area contributed by atoms with Gasteiger partial charge in [-0.1, -0.05) is 36.4 Å². The molecule has 0 bridgehead atoms. The Morgan fingerprint density at radius 2 is 1.78 bits per heavy atom. The van der Waals surface area contributed by atoms with Gasteiger partial charge in [0.15, 0.2) is 5.82 Å². The number of amides is 1. The Morgan fingerprint density at radius 3 is 2.58 bits per heavy atom. The van der Waals surface area contributed by atoms with Crippen molar-refractivity contribution >= 4 is 28.4 Å². The van der Waals surface area contributed by atoms with Crippen molar-refractivity contribution in [2.75, 3.05) is 36.5 Å². The molecular weight excluding hydrogens is 452 g/mol. The molecule has 1 aliphatic heterocycles. The zero-order chi connectivity index (χ0) is 24.3. The first-order valence-corrected chi connectivity index (χ1v) is 12.0. The number of hydrogen-bond donors (Lipinski definition) is 2. The van der Waals surface area contributed by atoms with Crippen molar-refractivity contribution in [1.82, 2.24) is 19.7 Å². The van der Waals surface area contributed by atoms with E-state index in [1.807, 2.05) is 67.0 Å². The predicted octanol–water partition coefficient (Wildman–Crippen LogP) is 4.56. The highest BCUT2D eigenvalue weighted by atomic mass is 16.5. The van der Waals surface area contributed by atoms with Crippen molar-refractivity contribution in [2.24, 2.45) is 0 Å². The number of carbonyl (C=O) groups is 1. The zero-order valence-corrected chi connectivity index (χ0v) is 19.7. The molecule has 1 fully saturated rings. The predicted molar refractivity (Wildman–Crippen MR) is 140 cm³/mol. The van der Waals surface area contributed by atoms with Crippen molar-refractivity contribution < 1.29 is 9.53 Å². The van der Waals surface area contributed by atoms with Crippen LogP contribution >= 0.6 is 0 Å². The SMILES string of the molecule is O=C(Nc1cc(-c2ccc3ncn(Cc4ccccc4)c3c2)[nH]n1)c1ccc(N2CCOCC2)cc1. The summed E-state index contributed by atoms with van der Waals surface area (Å²) in [5, 5.41) is 10.2. The number of imidazole rings is 1. The summed E-state index contributed by atoms with van der Waals surface area (Å²) in [7, 11) is 0. The lowest BCUT2D eigenvalue weighted by Crippen LogP contribution is -2.36. The number of carbonyl (C=O) groups excluding carboxylic acids is 1. The number of fused-ring (bicyclic) bond motifs is 1. The molecule has 3 aromatic carbocycles. The van der Waals surface area contributed by atoms with Gasteiger partial charge in [-0.15, -0.1) is 0 Å². The molecule has 2 aromatic heterocycles. The fraction of sp³-hybridized carbons (Fsp3) is 0.179. The van der Waals surface area contributed by atoms with Gasteiger partial charge in [-0.3, -0.25) is 9.89 Å². The molecule has 0 radical (unpaired) electrons. The van der Waals surface area contributed by atoms with Gasteiger partial charge in [0.2, 0.25) is 0 Å². The molecule has 8 heteroatoms. The van der Waals surface area contributed by atoms with Gasteiger partial charge < -0.3 is 19.5 Å². The number of benzene rings is 3. The van der Waals surface area contributed by atoms with Gasteiger partial charge in [-0.2, -0.15) is 5.10 Å². The lowest BCUT2D eigenvalue weighted by atomic mass is 10.1. The van der Waals surface area contributed by atoms with Crippen LogP contribution in [-0.4, -0.2) is 52.0 Å². The molecule has 2 N–H and O–H groups in total. The number of hydrogen-bond acceptors (Lipinski definition) is 5. The van der Waals surface area contributed by atoms with Crippen LogP contribution in [-0.2, 0) is 11.3 Å². The highest BCUT2D eigenvalue weighted by Crippen LogP contribution is 2.25. The molecular formula is C28H26N6O2. The monoisotopic (exact) mass is 478 g/mol. The zero-order valence-electron chi connectivity index (χ0n) is 19.7. The van der Waals surface area contributed by atoms with Gasteiger partial charge in [-0.05, 0) is 42.0 Å². The van der Waals surface area contributed by atoms with Crippen LogP contribution in [0.3, 0.4) is 0 Å². The molecule has 8 nitrogen and oxygen atoms in total. The van der Waals surface area contributed by atoms with E-state index in [4.69, 9.17) is 4.74 Å². The van der Waals surface area contributed by atoms with E-state index in [-0.39, 0.29) is 5.91 Å². The van der Waals surface area contributed by atoms with Crippen molar-refractivity contribution in [1.29, 1.82) is 0 Å². The summed E-state index contributed by atoms with van der Waals surface area (Å²) >= 11 is 0. The lowest BCUT2D eigenvalue weighted by molar-refractivity contribution is 0.102. The third-order valence-corrected chi connectivity index (χ3v) is 6.45. The highest BCUT2D eigenvalue weighted by molar-refractivity contribution is 6.04. The molecule has 180 valence electrons. The normalized spacial score (nSPS) is 13.7. The second-order valence-corrected chi connectivity index (χ2v) is 8.83. The van der Waals surface area contributed by atoms with Crippen LogP contribution in [0.15, 0.2) is 85.2 Å². The van der Waals surface area contributed by atoms with E-state index < -0.39 is 0 Å². The van der Waals surface area contributed by atoms with Crippen LogP contribution in [0.5, 0.6) is 0 Å². The summed E-state index contributed by atoms with van der Waals surface area (Å²) in [4.78, 5) is 19.6. The summed E-state index contributed by atoms with van der Waals surface area (Å²) in [5.74, 6) is 0.281. The first-order chi connectivity index (χ1) is 17.7. The van der Waals surface area contributed by atoms with Gasteiger partial charge in [0, 0.05) is 42.5 Å². The first-order valence-electron chi connectivity index (χ1n) is 12.0. The largest absolute Gasteiger partial charge is 0.378 e. The highest BCUT2D eigenvalue weighted by Gasteiger charge is 2.14. The number of ether oxygens (including phenoxy) is 1. The first kappa shape index (κ1) is 22.1. The maximum absolute atomic E-state index is 12.8. The molecule has 0 saturated carbocycles. The van der Waals surface area contributed by atoms with Gasteiger partial charge >= 0.3 is 0 Å². The maximum atomic E-state index is 12.8. The van der Waals surface area contributed by atoms with Gasteiger partial charge in [-0.25, -0.2) is 4.98 Å². The smallest absolute Gasteiger partial charge is 0.256 e. The molecule has 0 atom stereocenters. The van der Waals surface area contributed by atoms with Crippen molar-refractivity contribution in [2.45, 2.75) is 6.54 Å². The maximum Gasteiger partial charge on any atom is 0.256 e. The Labute approximate surface area is 208 Å². The fourth-order valence-electron chi connectivity index (χ4n) is 4.50. The minimum absolute atomic E-state index is 0.196. The molecule has 5 aromatic rings. The van der Waals surface area contributed by atoms with Crippen LogP contribution in [0.1, 0.15) is 15.9 Å². The summed E-state index contributed by atoms with van der Waals surface area (Å²) < 4.78 is 7.54. The van der Waals surface area contributed by atoms with E-state index in [0.29, 0.717) is 11.4 Å². The lowest BCUT2D eigenvalue weighted by Gasteiger charge is -2.28. The van der Waals surface area contributed by atoms with Crippen LogP contribution in [0, 0.1) is 0 Å². The summed E-state index contributed by atoms with van der Waals surface area (Å²) in [6, 6.07) is 25.9. The Hall–Kier alpha value is -4.43. The van der Waals surface area contributed by atoms with E-state index in [2.05, 4.69) is 48.2 Å². The van der Waals surface area contributed by atoms with E-state index in [1.165, 1.54) is 5.56 Å². The quantitative estimate of drug-likeness (QED) is 0.373. The van der Waals surface area contributed by atoms with Crippen molar-refractivity contribution in [3.63, 3.8) is 0 Å². The molecule has 0 aliphatic carbocycles. The summed E-state index contributed by atoms with van der Waals surface area (Å²) in [6.45, 7) is 3.92. The number of aromatic amines is 1. The third-order valence-electron chi connectivity index (χ3n) is 6.45. The summed E-state index contributed by atoms with van der Waals surface area (Å²) in [6.07, 6.45) is 1.87. The van der Waals surface area contributed by atoms with E-state index >= 15 is 0 Å². The second-order valence-electron chi connectivity index (χ2n) is 8.83. The molecule has 3 heterocycles. The number of morpholine rings is 1. The molecule has 0 spiro atoms. The molecule has 36 heavy (non-hydrogen) atoms. The number of nitrogens with zero attached hydrogens (tertiary/aromatic N) is 4.